The zero-order valence-corrected chi connectivity index (χ0v) is 14.6. The Morgan fingerprint density at radius 1 is 1.08 bits per heavy atom. The Kier molecular flexibility index (Phi) is 6.37. The number of rotatable bonds is 6. The summed E-state index contributed by atoms with van der Waals surface area (Å²) in [4.78, 5) is 11.2. The minimum Gasteiger partial charge on any atom is -0.489 e. The van der Waals surface area contributed by atoms with E-state index in [2.05, 4.69) is 10.1 Å². The highest BCUT2D eigenvalue weighted by atomic mass is 16.6. The second kappa shape index (κ2) is 8.72. The van der Waals surface area contributed by atoms with Crippen molar-refractivity contribution in [3.63, 3.8) is 0 Å². The zero-order chi connectivity index (χ0) is 17.4. The number of oxime groups is 1. The molecule has 0 atom stereocenters. The van der Waals surface area contributed by atoms with Gasteiger partial charge in [-0.3, -0.25) is 0 Å². The van der Waals surface area contributed by atoms with Gasteiger partial charge in [0.05, 0.1) is 6.34 Å². The second-order valence-electron chi connectivity index (χ2n) is 5.52. The molecule has 0 N–H and O–H groups in total. The molecule has 2 rings (SSSR count). The molecule has 0 aromatic heterocycles. The van der Waals surface area contributed by atoms with Crippen LogP contribution in [0.3, 0.4) is 0 Å². The first-order valence-corrected chi connectivity index (χ1v) is 7.70. The van der Waals surface area contributed by atoms with E-state index in [9.17, 15) is 0 Å². The summed E-state index contributed by atoms with van der Waals surface area (Å²) < 4.78 is 5.96. The first-order valence-electron chi connectivity index (χ1n) is 7.70. The third-order valence-corrected chi connectivity index (χ3v) is 3.32. The molecule has 0 fully saturated rings. The summed E-state index contributed by atoms with van der Waals surface area (Å²) in [5, 5.41) is 4.04. The molecule has 0 bridgehead atoms. The predicted molar refractivity (Wildman–Crippen MR) is 97.7 cm³/mol. The zero-order valence-electron chi connectivity index (χ0n) is 14.6. The predicted octanol–water partition coefficient (Wildman–Crippen LogP) is 3.47. The Labute approximate surface area is 143 Å². The Morgan fingerprint density at radius 2 is 1.79 bits per heavy atom. The summed E-state index contributed by atoms with van der Waals surface area (Å²) in [6.45, 7) is 2.46. The monoisotopic (exact) mass is 325 g/mol. The van der Waals surface area contributed by atoms with Crippen molar-refractivity contribution in [1.82, 2.24) is 4.90 Å². The van der Waals surface area contributed by atoms with Crippen LogP contribution in [0.25, 0.3) is 0 Å². The highest BCUT2D eigenvalue weighted by molar-refractivity contribution is 6.03. The number of benzene rings is 2. The molecule has 0 heterocycles. The van der Waals surface area contributed by atoms with Crippen molar-refractivity contribution in [3.05, 3.63) is 65.2 Å². The average Bonchev–Trinajstić information content (AvgIpc) is 2.58. The minimum atomic E-state index is 0.432. The highest BCUT2D eigenvalue weighted by Crippen LogP contribution is 2.19. The lowest BCUT2D eigenvalue weighted by Crippen LogP contribution is -2.12. The Balaban J connectivity index is 2.25. The van der Waals surface area contributed by atoms with Crippen LogP contribution < -0.4 is 4.74 Å². The molecule has 5 heteroatoms. The van der Waals surface area contributed by atoms with E-state index in [0.29, 0.717) is 12.4 Å². The largest absolute Gasteiger partial charge is 0.489 e. The fourth-order valence-corrected chi connectivity index (χ4v) is 2.14. The lowest BCUT2D eigenvalue weighted by atomic mass is 10.1. The summed E-state index contributed by atoms with van der Waals surface area (Å²) >= 11 is 0. The molecule has 0 aliphatic carbocycles. The summed E-state index contributed by atoms with van der Waals surface area (Å²) in [7, 11) is 5.32. The van der Waals surface area contributed by atoms with Crippen LogP contribution >= 0.6 is 0 Å². The lowest BCUT2D eigenvalue weighted by molar-refractivity contribution is 0.213. The summed E-state index contributed by atoms with van der Waals surface area (Å²) in [6.07, 6.45) is 1.69. The van der Waals surface area contributed by atoms with Crippen LogP contribution in [-0.2, 0) is 11.4 Å². The maximum absolute atomic E-state index is 5.96. The van der Waals surface area contributed by atoms with Crippen molar-refractivity contribution in [3.8, 4) is 5.75 Å². The van der Waals surface area contributed by atoms with Crippen LogP contribution in [0.1, 0.15) is 16.7 Å². The Hall–Kier alpha value is -2.82. The molecule has 0 aliphatic heterocycles. The minimum absolute atomic E-state index is 0.432. The van der Waals surface area contributed by atoms with Crippen molar-refractivity contribution in [2.45, 2.75) is 13.5 Å². The molecule has 126 valence electrons. The van der Waals surface area contributed by atoms with E-state index in [-0.39, 0.29) is 0 Å². The van der Waals surface area contributed by atoms with E-state index in [4.69, 9.17) is 9.57 Å². The number of aryl methyl sites for hydroxylation is 1. The maximum Gasteiger partial charge on any atom is 0.200 e. The van der Waals surface area contributed by atoms with Gasteiger partial charge in [-0.25, -0.2) is 4.99 Å². The van der Waals surface area contributed by atoms with Crippen LogP contribution in [0.2, 0.25) is 0 Å². The molecule has 0 aliphatic rings. The van der Waals surface area contributed by atoms with E-state index in [0.717, 1.165) is 22.4 Å². The molecule has 0 spiro atoms. The Morgan fingerprint density at radius 3 is 2.50 bits per heavy atom. The van der Waals surface area contributed by atoms with E-state index in [1.54, 1.807) is 6.34 Å². The third-order valence-electron chi connectivity index (χ3n) is 3.32. The normalized spacial score (nSPS) is 11.6. The second-order valence-corrected chi connectivity index (χ2v) is 5.52. The molecule has 0 saturated heterocycles. The van der Waals surface area contributed by atoms with Crippen molar-refractivity contribution in [2.24, 2.45) is 10.1 Å². The SMILES string of the molecule is CON=C(N=CN(C)C)c1ccccc1COc1ccccc1C. The number of hydrogen-bond donors (Lipinski definition) is 0. The highest BCUT2D eigenvalue weighted by Gasteiger charge is 2.10. The van der Waals surface area contributed by atoms with Crippen molar-refractivity contribution >= 4 is 12.2 Å². The van der Waals surface area contributed by atoms with Crippen LogP contribution in [0.5, 0.6) is 5.75 Å². The molecular formula is C19H23N3O2. The van der Waals surface area contributed by atoms with Gasteiger partial charge in [0.25, 0.3) is 0 Å². The first-order chi connectivity index (χ1) is 11.6. The quantitative estimate of drug-likeness (QED) is 0.464. The van der Waals surface area contributed by atoms with Gasteiger partial charge in [-0.1, -0.05) is 47.6 Å². The van der Waals surface area contributed by atoms with Gasteiger partial charge in [0.15, 0.2) is 5.84 Å². The maximum atomic E-state index is 5.96. The fraction of sp³-hybridized carbons (Fsp3) is 0.263. The number of nitrogens with zero attached hydrogens (tertiary/aromatic N) is 3. The molecule has 2 aromatic rings. The molecule has 2 aromatic carbocycles. The number of amidine groups is 1. The number of aliphatic imine (C=N–C) groups is 1. The first kappa shape index (κ1) is 17.5. The molecule has 0 saturated carbocycles. The van der Waals surface area contributed by atoms with Gasteiger partial charge in [-0.2, -0.15) is 0 Å². The average molecular weight is 325 g/mol. The van der Waals surface area contributed by atoms with E-state index in [1.807, 2.05) is 74.4 Å². The molecule has 0 amide bonds. The summed E-state index contributed by atoms with van der Waals surface area (Å²) in [6, 6.07) is 15.8. The lowest BCUT2D eigenvalue weighted by Gasteiger charge is -2.12. The van der Waals surface area contributed by atoms with E-state index in [1.165, 1.54) is 7.11 Å². The van der Waals surface area contributed by atoms with Gasteiger partial charge in [0.2, 0.25) is 0 Å². The third kappa shape index (κ3) is 4.84. The number of ether oxygens (including phenoxy) is 1. The van der Waals surface area contributed by atoms with Crippen LogP contribution in [0, 0.1) is 6.92 Å². The smallest absolute Gasteiger partial charge is 0.200 e. The topological polar surface area (TPSA) is 46.4 Å². The van der Waals surface area contributed by atoms with Gasteiger partial charge in [0, 0.05) is 25.2 Å². The van der Waals surface area contributed by atoms with Gasteiger partial charge < -0.3 is 14.5 Å². The van der Waals surface area contributed by atoms with Crippen molar-refractivity contribution < 1.29 is 9.57 Å². The van der Waals surface area contributed by atoms with E-state index >= 15 is 0 Å². The fourth-order valence-electron chi connectivity index (χ4n) is 2.14. The molecule has 0 radical (unpaired) electrons. The summed E-state index contributed by atoms with van der Waals surface area (Å²) in [5.41, 5.74) is 2.98. The number of hydrogen-bond acceptors (Lipinski definition) is 3. The Bertz CT molecular complexity index is 724. The molecule has 5 nitrogen and oxygen atoms in total. The number of para-hydroxylation sites is 1. The van der Waals surface area contributed by atoms with Gasteiger partial charge in [0.1, 0.15) is 19.5 Å². The standard InChI is InChI=1S/C19H23N3O2/c1-15-9-5-8-12-18(15)24-13-16-10-6-7-11-17(16)19(21-23-4)20-14-22(2)3/h5-12,14H,13H2,1-4H3. The van der Waals surface area contributed by atoms with Gasteiger partial charge >= 0.3 is 0 Å². The van der Waals surface area contributed by atoms with Gasteiger partial charge in [-0.15, -0.1) is 0 Å². The van der Waals surface area contributed by atoms with Crippen LogP contribution in [0.15, 0.2) is 58.7 Å². The van der Waals surface area contributed by atoms with Gasteiger partial charge in [-0.05, 0) is 18.6 Å². The summed E-state index contributed by atoms with van der Waals surface area (Å²) in [5.74, 6) is 1.38. The molecular weight excluding hydrogens is 302 g/mol. The molecule has 0 unspecified atom stereocenters. The van der Waals surface area contributed by atoms with Crippen LogP contribution in [-0.4, -0.2) is 38.3 Å². The van der Waals surface area contributed by atoms with E-state index < -0.39 is 0 Å². The molecule has 24 heavy (non-hydrogen) atoms. The van der Waals surface area contributed by atoms with Crippen molar-refractivity contribution in [1.29, 1.82) is 0 Å². The van der Waals surface area contributed by atoms with Crippen molar-refractivity contribution in [2.75, 3.05) is 21.2 Å². The van der Waals surface area contributed by atoms with Crippen LogP contribution in [0.4, 0.5) is 0 Å².